The van der Waals surface area contributed by atoms with Crippen molar-refractivity contribution in [3.63, 3.8) is 0 Å². The molecule has 0 radical (unpaired) electrons. The number of benzene rings is 1. The van der Waals surface area contributed by atoms with Gasteiger partial charge in [0.1, 0.15) is 11.4 Å². The van der Waals surface area contributed by atoms with Crippen molar-refractivity contribution in [2.75, 3.05) is 6.54 Å². The van der Waals surface area contributed by atoms with Gasteiger partial charge in [-0.1, -0.05) is 30.3 Å². The number of hydrogen-bond acceptors (Lipinski definition) is 4. The molecule has 6 heteroatoms. The molecular weight excluding hydrogens is 358 g/mol. The van der Waals surface area contributed by atoms with Gasteiger partial charge >= 0.3 is 0 Å². The van der Waals surface area contributed by atoms with Crippen LogP contribution < -0.4 is 5.32 Å². The van der Waals surface area contributed by atoms with Crippen molar-refractivity contribution < 1.29 is 9.90 Å². The summed E-state index contributed by atoms with van der Waals surface area (Å²) < 4.78 is 2.21. The number of rotatable bonds is 5. The van der Waals surface area contributed by atoms with E-state index in [1.165, 1.54) is 11.3 Å². The highest BCUT2D eigenvalue weighted by Gasteiger charge is 2.29. The van der Waals surface area contributed by atoms with Crippen molar-refractivity contribution in [2.24, 2.45) is 5.92 Å². The van der Waals surface area contributed by atoms with E-state index in [9.17, 15) is 9.90 Å². The Morgan fingerprint density at radius 2 is 2.19 bits per heavy atom. The van der Waals surface area contributed by atoms with Crippen LogP contribution in [0.25, 0.3) is 11.4 Å². The van der Waals surface area contributed by atoms with Gasteiger partial charge in [0.15, 0.2) is 0 Å². The number of hydrogen-bond donors (Lipinski definition) is 2. The van der Waals surface area contributed by atoms with Crippen molar-refractivity contribution in [1.29, 1.82) is 0 Å². The van der Waals surface area contributed by atoms with Gasteiger partial charge in [0.05, 0.1) is 6.54 Å². The van der Waals surface area contributed by atoms with Crippen LogP contribution in [0.3, 0.4) is 0 Å². The first-order valence-electron chi connectivity index (χ1n) is 9.17. The monoisotopic (exact) mass is 381 g/mol. The van der Waals surface area contributed by atoms with Gasteiger partial charge in [0.25, 0.3) is 0 Å². The van der Waals surface area contributed by atoms with E-state index in [2.05, 4.69) is 27.0 Å². The Balaban J connectivity index is 1.41. The summed E-state index contributed by atoms with van der Waals surface area (Å²) in [7, 11) is 0. The average Bonchev–Trinajstić information content (AvgIpc) is 3.36. The molecule has 3 heterocycles. The summed E-state index contributed by atoms with van der Waals surface area (Å²) in [6.07, 6.45) is 3.32. The molecule has 0 bridgehead atoms. The Kier molecular flexibility index (Phi) is 4.85. The normalized spacial score (nSPS) is 18.5. The molecule has 0 unspecified atom stereocenters. The number of amides is 1. The number of fused-ring (bicyclic) bond motifs is 1. The van der Waals surface area contributed by atoms with Gasteiger partial charge in [-0.3, -0.25) is 4.79 Å². The summed E-state index contributed by atoms with van der Waals surface area (Å²) in [5.74, 6) is 0.875. The number of carbonyl (C=O) groups is 1. The van der Waals surface area contributed by atoms with Crippen LogP contribution in [-0.4, -0.2) is 27.1 Å². The minimum atomic E-state index is -1.05. The van der Waals surface area contributed by atoms with Crippen molar-refractivity contribution >= 4 is 17.2 Å². The number of thiophene rings is 1. The summed E-state index contributed by atoms with van der Waals surface area (Å²) in [5, 5.41) is 17.4. The molecule has 1 aliphatic heterocycles. The van der Waals surface area contributed by atoms with Gasteiger partial charge in [0, 0.05) is 36.3 Å². The highest BCUT2D eigenvalue weighted by Crippen LogP contribution is 2.28. The molecule has 2 N–H and O–H groups in total. The molecule has 3 aromatic rings. The molecule has 0 aliphatic carbocycles. The van der Waals surface area contributed by atoms with E-state index in [1.54, 1.807) is 6.92 Å². The van der Waals surface area contributed by atoms with Crippen molar-refractivity contribution in [3.05, 3.63) is 64.6 Å². The molecule has 2 atom stereocenters. The Morgan fingerprint density at radius 1 is 1.37 bits per heavy atom. The van der Waals surface area contributed by atoms with Crippen molar-refractivity contribution in [3.8, 4) is 11.4 Å². The van der Waals surface area contributed by atoms with Gasteiger partial charge in [-0.2, -0.15) is 11.3 Å². The van der Waals surface area contributed by atoms with E-state index in [0.29, 0.717) is 6.42 Å². The van der Waals surface area contributed by atoms with Crippen LogP contribution >= 0.6 is 11.3 Å². The van der Waals surface area contributed by atoms with E-state index < -0.39 is 5.60 Å². The van der Waals surface area contributed by atoms with Crippen LogP contribution in [0.2, 0.25) is 0 Å². The fourth-order valence-electron chi connectivity index (χ4n) is 3.58. The van der Waals surface area contributed by atoms with Crippen LogP contribution in [0, 0.1) is 5.92 Å². The number of nitrogens with zero attached hydrogens (tertiary/aromatic N) is 2. The van der Waals surface area contributed by atoms with E-state index in [4.69, 9.17) is 0 Å². The van der Waals surface area contributed by atoms with Gasteiger partial charge < -0.3 is 15.0 Å². The third kappa shape index (κ3) is 3.68. The molecule has 0 saturated heterocycles. The number of carbonyl (C=O) groups excluding carboxylic acids is 1. The minimum Gasteiger partial charge on any atom is -0.384 e. The summed E-state index contributed by atoms with van der Waals surface area (Å²) in [6.45, 7) is 2.73. The lowest BCUT2D eigenvalue weighted by Gasteiger charge is -2.27. The van der Waals surface area contributed by atoms with Crippen LogP contribution in [0.1, 0.15) is 24.6 Å². The predicted molar refractivity (Wildman–Crippen MR) is 106 cm³/mol. The molecule has 2 aromatic heterocycles. The molecule has 4 rings (SSSR count). The maximum atomic E-state index is 12.7. The second-order valence-electron chi connectivity index (χ2n) is 7.28. The lowest BCUT2D eigenvalue weighted by Crippen LogP contribution is -2.42. The van der Waals surface area contributed by atoms with E-state index in [-0.39, 0.29) is 18.4 Å². The lowest BCUT2D eigenvalue weighted by atomic mass is 9.94. The van der Waals surface area contributed by atoms with Gasteiger partial charge in [-0.15, -0.1) is 0 Å². The Labute approximate surface area is 162 Å². The summed E-state index contributed by atoms with van der Waals surface area (Å²) >= 11 is 1.54. The minimum absolute atomic E-state index is 0.000726. The standard InChI is InChI=1S/C21H23N3O2S/c1-21(26,17-8-10-27-13-17)14-23-20(25)16-7-9-24-18(11-16)12-22-19(24)15-5-3-2-4-6-15/h2-6,8,10,12-13,16,26H,7,9,11,14H2,1H3,(H,23,25)/t16-,21-/m0/s1. The van der Waals surface area contributed by atoms with Crippen molar-refractivity contribution in [2.45, 2.75) is 31.9 Å². The highest BCUT2D eigenvalue weighted by atomic mass is 32.1. The third-order valence-corrected chi connectivity index (χ3v) is 5.93. The molecule has 1 aliphatic rings. The largest absolute Gasteiger partial charge is 0.384 e. The molecule has 0 spiro atoms. The molecule has 5 nitrogen and oxygen atoms in total. The first-order chi connectivity index (χ1) is 13.0. The maximum absolute atomic E-state index is 12.7. The molecule has 1 aromatic carbocycles. The number of aromatic nitrogens is 2. The zero-order chi connectivity index (χ0) is 18.9. The second kappa shape index (κ2) is 7.29. The SMILES string of the molecule is C[C@](O)(CNC(=O)[C@H]1CCn2c(cnc2-c2ccccc2)C1)c1ccsc1. The first-order valence-corrected chi connectivity index (χ1v) is 10.1. The molecule has 0 saturated carbocycles. The van der Waals surface area contributed by atoms with Gasteiger partial charge in [-0.25, -0.2) is 4.98 Å². The Morgan fingerprint density at radius 3 is 2.93 bits per heavy atom. The quantitative estimate of drug-likeness (QED) is 0.713. The molecule has 27 heavy (non-hydrogen) atoms. The number of aliphatic hydroxyl groups is 1. The number of nitrogens with one attached hydrogen (secondary N) is 1. The average molecular weight is 382 g/mol. The summed E-state index contributed by atoms with van der Waals surface area (Å²) in [5.41, 5.74) is 1.97. The van der Waals surface area contributed by atoms with Crippen LogP contribution in [0.4, 0.5) is 0 Å². The topological polar surface area (TPSA) is 67.2 Å². The van der Waals surface area contributed by atoms with Crippen molar-refractivity contribution in [1.82, 2.24) is 14.9 Å². The number of imidazole rings is 1. The van der Waals surface area contributed by atoms with Gasteiger partial charge in [0.2, 0.25) is 5.91 Å². The van der Waals surface area contributed by atoms with E-state index >= 15 is 0 Å². The van der Waals surface area contributed by atoms with Crippen LogP contribution in [0.5, 0.6) is 0 Å². The molecule has 140 valence electrons. The zero-order valence-electron chi connectivity index (χ0n) is 15.3. The van der Waals surface area contributed by atoms with Crippen LogP contribution in [0.15, 0.2) is 53.4 Å². The lowest BCUT2D eigenvalue weighted by molar-refractivity contribution is -0.126. The zero-order valence-corrected chi connectivity index (χ0v) is 16.1. The van der Waals surface area contributed by atoms with E-state index in [1.807, 2.05) is 41.2 Å². The molecular formula is C21H23N3O2S. The van der Waals surface area contributed by atoms with E-state index in [0.717, 1.165) is 35.6 Å². The smallest absolute Gasteiger partial charge is 0.223 e. The van der Waals surface area contributed by atoms with Crippen LogP contribution in [-0.2, 0) is 23.4 Å². The maximum Gasteiger partial charge on any atom is 0.223 e. The third-order valence-electron chi connectivity index (χ3n) is 5.25. The van der Waals surface area contributed by atoms with Gasteiger partial charge in [-0.05, 0) is 35.7 Å². The second-order valence-corrected chi connectivity index (χ2v) is 8.06. The fraction of sp³-hybridized carbons (Fsp3) is 0.333. The fourth-order valence-corrected chi connectivity index (χ4v) is 4.36. The first kappa shape index (κ1) is 17.9. The summed E-state index contributed by atoms with van der Waals surface area (Å²) in [4.78, 5) is 17.2. The molecule has 0 fully saturated rings. The Hall–Kier alpha value is -2.44. The molecule has 1 amide bonds. The highest BCUT2D eigenvalue weighted by molar-refractivity contribution is 7.08. The summed E-state index contributed by atoms with van der Waals surface area (Å²) in [6, 6.07) is 12.0. The Bertz CT molecular complexity index is 916. The predicted octanol–water partition coefficient (Wildman–Crippen LogP) is 3.20.